The molecule has 2 fully saturated rings. The van der Waals surface area contributed by atoms with Gasteiger partial charge in [0.05, 0.1) is 5.69 Å². The summed E-state index contributed by atoms with van der Waals surface area (Å²) in [6.45, 7) is 2.37. The lowest BCUT2D eigenvalue weighted by Gasteiger charge is -2.42. The molecule has 4 nitrogen and oxygen atoms in total. The number of fused-ring (bicyclic) bond motifs is 1. The molecule has 5 heteroatoms. The van der Waals surface area contributed by atoms with E-state index in [1.807, 2.05) is 0 Å². The van der Waals surface area contributed by atoms with Crippen LogP contribution in [0.4, 0.5) is 10.1 Å². The zero-order chi connectivity index (χ0) is 14.3. The maximum Gasteiger partial charge on any atom is 0.250 e. The molecule has 3 rings (SSSR count). The molecule has 2 saturated heterocycles. The first-order valence-corrected chi connectivity index (χ1v) is 6.95. The number of piperidine rings is 1. The fraction of sp³-hybridized carbons (Fsp3) is 0.467. The summed E-state index contributed by atoms with van der Waals surface area (Å²) in [6, 6.07) is 4.31. The zero-order valence-corrected chi connectivity index (χ0v) is 11.4. The summed E-state index contributed by atoms with van der Waals surface area (Å²) in [4.78, 5) is 27.6. The van der Waals surface area contributed by atoms with Gasteiger partial charge in [-0.1, -0.05) is 6.07 Å². The average molecular weight is 276 g/mol. The van der Waals surface area contributed by atoms with E-state index < -0.39 is 11.9 Å². The predicted molar refractivity (Wildman–Crippen MR) is 72.8 cm³/mol. The number of aryl methyl sites for hydroxylation is 1. The Kier molecular flexibility index (Phi) is 3.20. The Labute approximate surface area is 117 Å². The molecular weight excluding hydrogens is 259 g/mol. The lowest BCUT2D eigenvalue weighted by Crippen LogP contribution is -2.61. The molecule has 1 aromatic carbocycles. The van der Waals surface area contributed by atoms with Crippen molar-refractivity contribution >= 4 is 17.5 Å². The van der Waals surface area contributed by atoms with Gasteiger partial charge < -0.3 is 4.90 Å². The zero-order valence-electron chi connectivity index (χ0n) is 11.4. The summed E-state index contributed by atoms with van der Waals surface area (Å²) in [5.74, 6) is -0.697. The number of hydrogen-bond acceptors (Lipinski definition) is 2. The summed E-state index contributed by atoms with van der Waals surface area (Å²) in [6.07, 6.45) is 2.55. The number of carbonyl (C=O) groups excluding carboxylic acids is 2. The van der Waals surface area contributed by atoms with Gasteiger partial charge in [-0.15, -0.1) is 0 Å². The van der Waals surface area contributed by atoms with E-state index >= 15 is 0 Å². The van der Waals surface area contributed by atoms with Crippen LogP contribution in [0.5, 0.6) is 0 Å². The molecule has 106 valence electrons. The standard InChI is InChI=1S/C15H17FN2O2/c1-10-5-6-12(11(16)8-10)18-9-14(19)17-7-3-2-4-13(17)15(18)20/h5-6,8,13H,2-4,7,9H2,1H3. The highest BCUT2D eigenvalue weighted by molar-refractivity contribution is 6.06. The summed E-state index contributed by atoms with van der Waals surface area (Å²) in [5.41, 5.74) is 1.00. The van der Waals surface area contributed by atoms with Crippen LogP contribution in [-0.4, -0.2) is 35.8 Å². The molecule has 1 unspecified atom stereocenters. The van der Waals surface area contributed by atoms with Gasteiger partial charge in [0.15, 0.2) is 0 Å². The molecule has 20 heavy (non-hydrogen) atoms. The summed E-state index contributed by atoms with van der Waals surface area (Å²) >= 11 is 0. The molecule has 2 aliphatic heterocycles. The van der Waals surface area contributed by atoms with Crippen LogP contribution < -0.4 is 4.90 Å². The highest BCUT2D eigenvalue weighted by Gasteiger charge is 2.41. The van der Waals surface area contributed by atoms with Crippen LogP contribution in [-0.2, 0) is 9.59 Å². The van der Waals surface area contributed by atoms with Crippen LogP contribution in [0.1, 0.15) is 24.8 Å². The first-order chi connectivity index (χ1) is 9.58. The van der Waals surface area contributed by atoms with Crippen molar-refractivity contribution in [3.63, 3.8) is 0 Å². The van der Waals surface area contributed by atoms with Crippen molar-refractivity contribution in [2.45, 2.75) is 32.2 Å². The minimum Gasteiger partial charge on any atom is -0.329 e. The van der Waals surface area contributed by atoms with Gasteiger partial charge in [-0.05, 0) is 43.9 Å². The maximum atomic E-state index is 14.0. The largest absolute Gasteiger partial charge is 0.329 e. The van der Waals surface area contributed by atoms with E-state index in [4.69, 9.17) is 0 Å². The lowest BCUT2D eigenvalue weighted by atomic mass is 9.98. The van der Waals surface area contributed by atoms with Crippen LogP contribution >= 0.6 is 0 Å². The minimum absolute atomic E-state index is 0.0602. The number of benzene rings is 1. The van der Waals surface area contributed by atoms with Crippen LogP contribution in [0, 0.1) is 12.7 Å². The van der Waals surface area contributed by atoms with Crippen molar-refractivity contribution in [2.24, 2.45) is 0 Å². The Balaban J connectivity index is 1.94. The topological polar surface area (TPSA) is 40.6 Å². The molecule has 2 heterocycles. The molecule has 2 aliphatic rings. The molecule has 0 spiro atoms. The van der Waals surface area contributed by atoms with Crippen molar-refractivity contribution in [3.8, 4) is 0 Å². The number of rotatable bonds is 1. The van der Waals surface area contributed by atoms with Gasteiger partial charge in [0.2, 0.25) is 11.8 Å². The number of anilines is 1. The van der Waals surface area contributed by atoms with Crippen LogP contribution in [0.15, 0.2) is 18.2 Å². The summed E-state index contributed by atoms with van der Waals surface area (Å²) < 4.78 is 14.0. The van der Waals surface area contributed by atoms with E-state index in [1.54, 1.807) is 24.0 Å². The average Bonchev–Trinajstić information content (AvgIpc) is 2.43. The van der Waals surface area contributed by atoms with Crippen LogP contribution in [0.25, 0.3) is 0 Å². The monoisotopic (exact) mass is 276 g/mol. The molecule has 2 amide bonds. The van der Waals surface area contributed by atoms with E-state index in [2.05, 4.69) is 0 Å². The molecule has 1 aromatic rings. The third-order valence-corrected chi connectivity index (χ3v) is 4.06. The Bertz CT molecular complexity index is 573. The molecule has 0 radical (unpaired) electrons. The Hall–Kier alpha value is -1.91. The number of amides is 2. The first-order valence-electron chi connectivity index (χ1n) is 6.95. The SMILES string of the molecule is Cc1ccc(N2CC(=O)N3CCCCC3C2=O)c(F)c1. The van der Waals surface area contributed by atoms with Crippen molar-refractivity contribution in [2.75, 3.05) is 18.0 Å². The summed E-state index contributed by atoms with van der Waals surface area (Å²) in [7, 11) is 0. The van der Waals surface area contributed by atoms with E-state index in [0.717, 1.165) is 18.4 Å². The molecule has 0 saturated carbocycles. The quantitative estimate of drug-likeness (QED) is 0.785. The minimum atomic E-state index is -0.449. The molecule has 1 atom stereocenters. The maximum absolute atomic E-state index is 14.0. The van der Waals surface area contributed by atoms with Crippen molar-refractivity contribution < 1.29 is 14.0 Å². The second kappa shape index (κ2) is 4.89. The van der Waals surface area contributed by atoms with Gasteiger partial charge in [0, 0.05) is 6.54 Å². The second-order valence-electron chi connectivity index (χ2n) is 5.48. The fourth-order valence-electron chi connectivity index (χ4n) is 3.01. The van der Waals surface area contributed by atoms with E-state index in [9.17, 15) is 14.0 Å². The highest BCUT2D eigenvalue weighted by atomic mass is 19.1. The predicted octanol–water partition coefficient (Wildman–Crippen LogP) is 1.86. The van der Waals surface area contributed by atoms with Gasteiger partial charge in [-0.25, -0.2) is 4.39 Å². The van der Waals surface area contributed by atoms with Crippen molar-refractivity contribution in [3.05, 3.63) is 29.6 Å². The van der Waals surface area contributed by atoms with Gasteiger partial charge >= 0.3 is 0 Å². The lowest BCUT2D eigenvalue weighted by molar-refractivity contribution is -0.144. The molecular formula is C15H17FN2O2. The van der Waals surface area contributed by atoms with E-state index in [1.165, 1.54) is 11.0 Å². The number of nitrogens with zero attached hydrogens (tertiary/aromatic N) is 2. The molecule has 0 aliphatic carbocycles. The Morgan fingerprint density at radius 3 is 2.80 bits per heavy atom. The van der Waals surface area contributed by atoms with Crippen LogP contribution in [0.3, 0.4) is 0 Å². The van der Waals surface area contributed by atoms with E-state index in [-0.39, 0.29) is 24.0 Å². The van der Waals surface area contributed by atoms with Crippen molar-refractivity contribution in [1.29, 1.82) is 0 Å². The highest BCUT2D eigenvalue weighted by Crippen LogP contribution is 2.28. The molecule has 0 aromatic heterocycles. The van der Waals surface area contributed by atoms with Gasteiger partial charge in [-0.3, -0.25) is 14.5 Å². The smallest absolute Gasteiger partial charge is 0.250 e. The molecule has 0 bridgehead atoms. The van der Waals surface area contributed by atoms with E-state index in [0.29, 0.717) is 13.0 Å². The molecule has 0 N–H and O–H groups in total. The van der Waals surface area contributed by atoms with Crippen LogP contribution in [0.2, 0.25) is 0 Å². The number of halogens is 1. The van der Waals surface area contributed by atoms with Gasteiger partial charge in [-0.2, -0.15) is 0 Å². The Morgan fingerprint density at radius 1 is 1.25 bits per heavy atom. The van der Waals surface area contributed by atoms with Gasteiger partial charge in [0.1, 0.15) is 18.4 Å². The normalized spacial score (nSPS) is 23.0. The third-order valence-electron chi connectivity index (χ3n) is 4.06. The number of carbonyl (C=O) groups is 2. The fourth-order valence-corrected chi connectivity index (χ4v) is 3.01. The number of piperazine rings is 1. The van der Waals surface area contributed by atoms with Gasteiger partial charge in [0.25, 0.3) is 0 Å². The third kappa shape index (κ3) is 2.07. The first kappa shape index (κ1) is 13.1. The number of hydrogen-bond donors (Lipinski definition) is 0. The second-order valence-corrected chi connectivity index (χ2v) is 5.48. The van der Waals surface area contributed by atoms with Crippen molar-refractivity contribution in [1.82, 2.24) is 4.90 Å². The Morgan fingerprint density at radius 2 is 2.05 bits per heavy atom. The summed E-state index contributed by atoms with van der Waals surface area (Å²) in [5, 5.41) is 0.